The summed E-state index contributed by atoms with van der Waals surface area (Å²) in [6, 6.07) is 0. The fourth-order valence-corrected chi connectivity index (χ4v) is 2.34. The van der Waals surface area contributed by atoms with Gasteiger partial charge in [0.1, 0.15) is 10.7 Å². The van der Waals surface area contributed by atoms with Crippen LogP contribution < -0.4 is 5.73 Å². The summed E-state index contributed by atoms with van der Waals surface area (Å²) in [6.07, 6.45) is 5.27. The summed E-state index contributed by atoms with van der Waals surface area (Å²) < 4.78 is 9.56. The Bertz CT molecular complexity index is 307. The second-order valence-corrected chi connectivity index (χ2v) is 5.06. The van der Waals surface area contributed by atoms with Gasteiger partial charge < -0.3 is 10.5 Å². The molecule has 84 valence electrons. The second kappa shape index (κ2) is 4.90. The van der Waals surface area contributed by atoms with Crippen molar-refractivity contribution in [3.8, 4) is 0 Å². The van der Waals surface area contributed by atoms with Gasteiger partial charge in [0.25, 0.3) is 0 Å². The van der Waals surface area contributed by atoms with Crippen LogP contribution in [0.15, 0.2) is 0 Å². The average molecular weight is 227 g/mol. The van der Waals surface area contributed by atoms with Crippen LogP contribution in [0, 0.1) is 5.92 Å². The van der Waals surface area contributed by atoms with Gasteiger partial charge in [0.15, 0.2) is 0 Å². The number of hydrogen-bond donors (Lipinski definition) is 1. The number of hydrogen-bond acceptors (Lipinski definition) is 5. The summed E-state index contributed by atoms with van der Waals surface area (Å²) in [5.41, 5.74) is 6.48. The molecule has 1 fully saturated rings. The number of nitrogen functional groups attached to an aromatic ring is 1. The van der Waals surface area contributed by atoms with Crippen LogP contribution in [0.4, 0.5) is 5.00 Å². The van der Waals surface area contributed by atoms with Crippen molar-refractivity contribution in [1.29, 1.82) is 0 Å². The predicted octanol–water partition coefficient (Wildman–Crippen LogP) is 2.22. The molecule has 15 heavy (non-hydrogen) atoms. The van der Waals surface area contributed by atoms with Gasteiger partial charge in [-0.15, -0.1) is 5.10 Å². The largest absolute Gasteiger partial charge is 0.388 e. The minimum absolute atomic E-state index is 0.391. The molecule has 1 aliphatic carbocycles. The third-order valence-electron chi connectivity index (χ3n) is 3.00. The molecule has 2 N–H and O–H groups in total. The van der Waals surface area contributed by atoms with E-state index in [1.807, 2.05) is 0 Å². The number of anilines is 1. The SMILES string of the molecule is CC1CCC(OCc2nnsc2N)CC1. The molecular formula is C10H17N3OS. The molecule has 1 saturated carbocycles. The lowest BCUT2D eigenvalue weighted by atomic mass is 9.89. The summed E-state index contributed by atoms with van der Waals surface area (Å²) in [5, 5.41) is 4.61. The molecule has 1 aromatic heterocycles. The maximum absolute atomic E-state index is 5.78. The Labute approximate surface area is 94.0 Å². The number of ether oxygens (including phenoxy) is 1. The van der Waals surface area contributed by atoms with E-state index >= 15 is 0 Å². The first kappa shape index (κ1) is 10.8. The third kappa shape index (κ3) is 2.89. The van der Waals surface area contributed by atoms with Crippen LogP contribution in [-0.4, -0.2) is 15.7 Å². The van der Waals surface area contributed by atoms with Crippen molar-refractivity contribution in [2.24, 2.45) is 5.92 Å². The molecule has 0 amide bonds. The van der Waals surface area contributed by atoms with Gasteiger partial charge in [0.2, 0.25) is 0 Å². The predicted molar refractivity (Wildman–Crippen MR) is 60.5 cm³/mol. The van der Waals surface area contributed by atoms with Crippen molar-refractivity contribution in [2.75, 3.05) is 5.73 Å². The minimum atomic E-state index is 0.391. The van der Waals surface area contributed by atoms with Gasteiger partial charge >= 0.3 is 0 Å². The molecule has 0 unspecified atom stereocenters. The number of nitrogens with zero attached hydrogens (tertiary/aromatic N) is 2. The Kier molecular flexibility index (Phi) is 3.53. The molecule has 1 aromatic rings. The summed E-state index contributed by atoms with van der Waals surface area (Å²) in [6.45, 7) is 2.82. The molecule has 0 bridgehead atoms. The quantitative estimate of drug-likeness (QED) is 0.860. The van der Waals surface area contributed by atoms with E-state index in [2.05, 4.69) is 16.5 Å². The van der Waals surface area contributed by atoms with Crippen LogP contribution >= 0.6 is 11.5 Å². The zero-order chi connectivity index (χ0) is 10.7. The number of rotatable bonds is 3. The molecule has 0 atom stereocenters. The molecule has 2 rings (SSSR count). The lowest BCUT2D eigenvalue weighted by Crippen LogP contribution is -2.20. The van der Waals surface area contributed by atoms with Crippen LogP contribution in [0.1, 0.15) is 38.3 Å². The topological polar surface area (TPSA) is 61.0 Å². The van der Waals surface area contributed by atoms with E-state index in [0.29, 0.717) is 17.7 Å². The van der Waals surface area contributed by atoms with Gasteiger partial charge in [0, 0.05) is 11.5 Å². The smallest absolute Gasteiger partial charge is 0.133 e. The molecule has 5 heteroatoms. The molecule has 0 radical (unpaired) electrons. The van der Waals surface area contributed by atoms with E-state index in [0.717, 1.165) is 11.6 Å². The van der Waals surface area contributed by atoms with Gasteiger partial charge in [-0.25, -0.2) is 0 Å². The van der Waals surface area contributed by atoms with Gasteiger partial charge in [-0.2, -0.15) is 0 Å². The normalized spacial score (nSPS) is 26.7. The first-order valence-electron chi connectivity index (χ1n) is 5.44. The zero-order valence-electron chi connectivity index (χ0n) is 8.98. The van der Waals surface area contributed by atoms with E-state index in [-0.39, 0.29) is 0 Å². The van der Waals surface area contributed by atoms with Crippen molar-refractivity contribution in [3.63, 3.8) is 0 Å². The van der Waals surface area contributed by atoms with Crippen molar-refractivity contribution in [3.05, 3.63) is 5.69 Å². The first-order valence-corrected chi connectivity index (χ1v) is 6.21. The summed E-state index contributed by atoms with van der Waals surface area (Å²) in [7, 11) is 0. The number of aromatic nitrogens is 2. The van der Waals surface area contributed by atoms with Gasteiger partial charge in [-0.3, -0.25) is 0 Å². The Hall–Kier alpha value is -0.680. The summed E-state index contributed by atoms with van der Waals surface area (Å²) in [5.74, 6) is 0.857. The summed E-state index contributed by atoms with van der Waals surface area (Å²) >= 11 is 1.23. The highest BCUT2D eigenvalue weighted by Gasteiger charge is 2.19. The Balaban J connectivity index is 1.77. The highest BCUT2D eigenvalue weighted by Crippen LogP contribution is 2.26. The van der Waals surface area contributed by atoms with E-state index < -0.39 is 0 Å². The highest BCUT2D eigenvalue weighted by atomic mass is 32.1. The van der Waals surface area contributed by atoms with Crippen LogP contribution in [-0.2, 0) is 11.3 Å². The van der Waals surface area contributed by atoms with Gasteiger partial charge in [-0.05, 0) is 31.6 Å². The van der Waals surface area contributed by atoms with E-state index in [4.69, 9.17) is 10.5 Å². The second-order valence-electron chi connectivity index (χ2n) is 4.28. The van der Waals surface area contributed by atoms with E-state index in [9.17, 15) is 0 Å². The standard InChI is InChI=1S/C10H17N3OS/c1-7-2-4-8(5-3-7)14-6-9-10(11)15-13-12-9/h7-8H,2-6,11H2,1H3. The van der Waals surface area contributed by atoms with Crippen molar-refractivity contribution in [1.82, 2.24) is 9.59 Å². The highest BCUT2D eigenvalue weighted by molar-refractivity contribution is 7.09. The third-order valence-corrected chi connectivity index (χ3v) is 3.60. The number of nitrogens with two attached hydrogens (primary N) is 1. The Morgan fingerprint density at radius 2 is 2.13 bits per heavy atom. The first-order chi connectivity index (χ1) is 7.25. The fourth-order valence-electron chi connectivity index (χ4n) is 1.91. The van der Waals surface area contributed by atoms with Crippen LogP contribution in [0.5, 0.6) is 0 Å². The van der Waals surface area contributed by atoms with Crippen molar-refractivity contribution < 1.29 is 4.74 Å². The zero-order valence-corrected chi connectivity index (χ0v) is 9.80. The van der Waals surface area contributed by atoms with Crippen molar-refractivity contribution >= 4 is 16.5 Å². The Morgan fingerprint density at radius 3 is 2.73 bits per heavy atom. The molecule has 4 nitrogen and oxygen atoms in total. The van der Waals surface area contributed by atoms with Crippen LogP contribution in [0.2, 0.25) is 0 Å². The van der Waals surface area contributed by atoms with Crippen LogP contribution in [0.25, 0.3) is 0 Å². The summed E-state index contributed by atoms with van der Waals surface area (Å²) in [4.78, 5) is 0. The van der Waals surface area contributed by atoms with Crippen LogP contribution in [0.3, 0.4) is 0 Å². The molecule has 0 saturated heterocycles. The van der Waals surface area contributed by atoms with E-state index in [1.165, 1.54) is 37.2 Å². The van der Waals surface area contributed by atoms with Crippen molar-refractivity contribution in [2.45, 2.75) is 45.3 Å². The molecule has 0 spiro atoms. The molecule has 1 aliphatic rings. The maximum Gasteiger partial charge on any atom is 0.133 e. The average Bonchev–Trinajstić information content (AvgIpc) is 2.63. The van der Waals surface area contributed by atoms with Gasteiger partial charge in [-0.1, -0.05) is 11.4 Å². The minimum Gasteiger partial charge on any atom is -0.388 e. The fraction of sp³-hybridized carbons (Fsp3) is 0.800. The molecular weight excluding hydrogens is 210 g/mol. The maximum atomic E-state index is 5.78. The molecule has 0 aromatic carbocycles. The molecule has 0 aliphatic heterocycles. The lowest BCUT2D eigenvalue weighted by molar-refractivity contribution is 0.00753. The molecule has 1 heterocycles. The monoisotopic (exact) mass is 227 g/mol. The Morgan fingerprint density at radius 1 is 1.40 bits per heavy atom. The van der Waals surface area contributed by atoms with Gasteiger partial charge in [0.05, 0.1) is 12.7 Å². The van der Waals surface area contributed by atoms with E-state index in [1.54, 1.807) is 0 Å². The lowest BCUT2D eigenvalue weighted by Gasteiger charge is -2.25.